The molecule has 0 spiro atoms. The fraction of sp³-hybridized carbons (Fsp3) is 0.941. The molecule has 0 aliphatic carbocycles. The molecule has 2 rings (SSSR count). The SMILES string of the molecule is CCCN1CCC(NC(=NCC2CN(C)CCO2)NCC)CC1. The van der Waals surface area contributed by atoms with E-state index < -0.39 is 0 Å². The van der Waals surface area contributed by atoms with Gasteiger partial charge in [0.1, 0.15) is 0 Å². The van der Waals surface area contributed by atoms with Crippen molar-refractivity contribution in [3.63, 3.8) is 0 Å². The van der Waals surface area contributed by atoms with Crippen molar-refractivity contribution in [1.82, 2.24) is 20.4 Å². The first-order chi connectivity index (χ1) is 11.2. The van der Waals surface area contributed by atoms with Crippen molar-refractivity contribution in [1.29, 1.82) is 0 Å². The van der Waals surface area contributed by atoms with E-state index in [1.165, 1.54) is 38.9 Å². The number of likely N-dealkylation sites (tertiary alicyclic amines) is 1. The van der Waals surface area contributed by atoms with E-state index in [1.807, 2.05) is 0 Å². The number of likely N-dealkylation sites (N-methyl/N-ethyl adjacent to an activating group) is 1. The van der Waals surface area contributed by atoms with Gasteiger partial charge in [0.05, 0.1) is 19.3 Å². The normalized spacial score (nSPS) is 25.5. The largest absolute Gasteiger partial charge is 0.374 e. The molecule has 134 valence electrons. The summed E-state index contributed by atoms with van der Waals surface area (Å²) in [5.74, 6) is 0.943. The first kappa shape index (κ1) is 18.5. The molecule has 2 saturated heterocycles. The quantitative estimate of drug-likeness (QED) is 0.557. The number of hydrogen-bond acceptors (Lipinski definition) is 4. The van der Waals surface area contributed by atoms with Gasteiger partial charge in [0, 0.05) is 38.8 Å². The summed E-state index contributed by atoms with van der Waals surface area (Å²) in [6.45, 7) is 12.4. The Morgan fingerprint density at radius 3 is 2.65 bits per heavy atom. The highest BCUT2D eigenvalue weighted by Crippen LogP contribution is 2.10. The zero-order valence-corrected chi connectivity index (χ0v) is 15.2. The van der Waals surface area contributed by atoms with Crippen LogP contribution in [0.25, 0.3) is 0 Å². The van der Waals surface area contributed by atoms with Crippen molar-refractivity contribution in [2.45, 2.75) is 45.3 Å². The van der Waals surface area contributed by atoms with Gasteiger partial charge in [-0.1, -0.05) is 6.92 Å². The Balaban J connectivity index is 1.77. The molecule has 0 aromatic rings. The second-order valence-electron chi connectivity index (χ2n) is 6.73. The van der Waals surface area contributed by atoms with E-state index in [4.69, 9.17) is 9.73 Å². The summed E-state index contributed by atoms with van der Waals surface area (Å²) in [6, 6.07) is 0.538. The third kappa shape index (κ3) is 6.65. The van der Waals surface area contributed by atoms with Crippen molar-refractivity contribution in [2.24, 2.45) is 4.99 Å². The fourth-order valence-electron chi connectivity index (χ4n) is 3.30. The molecule has 1 atom stereocenters. The number of rotatable bonds is 6. The van der Waals surface area contributed by atoms with Crippen molar-refractivity contribution < 1.29 is 4.74 Å². The van der Waals surface area contributed by atoms with Crippen LogP contribution in [0.1, 0.15) is 33.1 Å². The average Bonchev–Trinajstić information content (AvgIpc) is 2.55. The molecule has 1 unspecified atom stereocenters. The molecule has 6 heteroatoms. The number of nitrogens with zero attached hydrogens (tertiary/aromatic N) is 3. The molecule has 2 aliphatic rings. The monoisotopic (exact) mass is 325 g/mol. The second kappa shape index (κ2) is 10.1. The van der Waals surface area contributed by atoms with E-state index in [0.717, 1.165) is 38.7 Å². The molecule has 2 N–H and O–H groups in total. The summed E-state index contributed by atoms with van der Waals surface area (Å²) in [5, 5.41) is 6.99. The van der Waals surface area contributed by atoms with Gasteiger partial charge in [-0.3, -0.25) is 4.99 Å². The molecule has 2 heterocycles. The number of ether oxygens (including phenoxy) is 1. The van der Waals surface area contributed by atoms with Crippen molar-refractivity contribution in [3.05, 3.63) is 0 Å². The van der Waals surface area contributed by atoms with Crippen molar-refractivity contribution >= 4 is 5.96 Å². The van der Waals surface area contributed by atoms with Gasteiger partial charge in [-0.2, -0.15) is 0 Å². The lowest BCUT2D eigenvalue weighted by Gasteiger charge is -2.33. The molecule has 23 heavy (non-hydrogen) atoms. The number of hydrogen-bond donors (Lipinski definition) is 2. The molecule has 0 bridgehead atoms. The molecular weight excluding hydrogens is 290 g/mol. The maximum absolute atomic E-state index is 5.80. The van der Waals surface area contributed by atoms with Crippen LogP contribution in [-0.2, 0) is 4.74 Å². The predicted molar refractivity (Wildman–Crippen MR) is 96.1 cm³/mol. The third-order valence-corrected chi connectivity index (χ3v) is 4.61. The topological polar surface area (TPSA) is 52.1 Å². The Kier molecular flexibility index (Phi) is 8.12. The van der Waals surface area contributed by atoms with E-state index in [1.54, 1.807) is 0 Å². The van der Waals surface area contributed by atoms with E-state index >= 15 is 0 Å². The van der Waals surface area contributed by atoms with Crippen LogP contribution in [0.15, 0.2) is 4.99 Å². The minimum atomic E-state index is 0.218. The minimum absolute atomic E-state index is 0.218. The van der Waals surface area contributed by atoms with Crippen LogP contribution in [0.3, 0.4) is 0 Å². The molecule has 6 nitrogen and oxygen atoms in total. The van der Waals surface area contributed by atoms with Crippen LogP contribution < -0.4 is 10.6 Å². The predicted octanol–water partition coefficient (Wildman–Crippen LogP) is 0.747. The minimum Gasteiger partial charge on any atom is -0.374 e. The molecule has 0 aromatic heterocycles. The maximum atomic E-state index is 5.80. The summed E-state index contributed by atoms with van der Waals surface area (Å²) in [4.78, 5) is 9.63. The van der Waals surface area contributed by atoms with Gasteiger partial charge in [-0.05, 0) is 39.8 Å². The smallest absolute Gasteiger partial charge is 0.191 e. The van der Waals surface area contributed by atoms with Gasteiger partial charge in [-0.15, -0.1) is 0 Å². The Morgan fingerprint density at radius 1 is 1.22 bits per heavy atom. The van der Waals surface area contributed by atoms with Gasteiger partial charge in [0.15, 0.2) is 5.96 Å². The third-order valence-electron chi connectivity index (χ3n) is 4.61. The number of morpholine rings is 1. The van der Waals surface area contributed by atoms with E-state index in [2.05, 4.69) is 41.3 Å². The number of guanidine groups is 1. The second-order valence-corrected chi connectivity index (χ2v) is 6.73. The van der Waals surface area contributed by atoms with Crippen molar-refractivity contribution in [2.75, 3.05) is 59.5 Å². The summed E-state index contributed by atoms with van der Waals surface area (Å²) in [5.41, 5.74) is 0. The average molecular weight is 326 g/mol. The van der Waals surface area contributed by atoms with Gasteiger partial charge < -0.3 is 25.2 Å². The van der Waals surface area contributed by atoms with E-state index in [9.17, 15) is 0 Å². The number of nitrogens with one attached hydrogen (secondary N) is 2. The Labute approximate surface area is 141 Å². The molecule has 0 radical (unpaired) electrons. The Morgan fingerprint density at radius 2 is 2.00 bits per heavy atom. The number of piperidine rings is 1. The van der Waals surface area contributed by atoms with Gasteiger partial charge in [-0.25, -0.2) is 0 Å². The van der Waals surface area contributed by atoms with Crippen LogP contribution in [0.4, 0.5) is 0 Å². The zero-order valence-electron chi connectivity index (χ0n) is 15.2. The maximum Gasteiger partial charge on any atom is 0.191 e. The highest BCUT2D eigenvalue weighted by molar-refractivity contribution is 5.80. The van der Waals surface area contributed by atoms with E-state index in [-0.39, 0.29) is 6.10 Å². The highest BCUT2D eigenvalue weighted by atomic mass is 16.5. The Hall–Kier alpha value is -0.850. The summed E-state index contributed by atoms with van der Waals surface area (Å²) < 4.78 is 5.80. The lowest BCUT2D eigenvalue weighted by atomic mass is 10.1. The fourth-order valence-corrected chi connectivity index (χ4v) is 3.30. The van der Waals surface area contributed by atoms with Gasteiger partial charge in [0.25, 0.3) is 0 Å². The van der Waals surface area contributed by atoms with Crippen LogP contribution in [-0.4, -0.2) is 87.4 Å². The highest BCUT2D eigenvalue weighted by Gasteiger charge is 2.20. The molecule has 2 fully saturated rings. The van der Waals surface area contributed by atoms with Crippen LogP contribution >= 0.6 is 0 Å². The molecule has 0 saturated carbocycles. The summed E-state index contributed by atoms with van der Waals surface area (Å²) in [6.07, 6.45) is 3.87. The zero-order chi connectivity index (χ0) is 16.5. The van der Waals surface area contributed by atoms with Gasteiger partial charge >= 0.3 is 0 Å². The molecular formula is C17H35N5O. The number of aliphatic imine (C=N–C) groups is 1. The molecule has 0 aromatic carbocycles. The van der Waals surface area contributed by atoms with Crippen LogP contribution in [0.2, 0.25) is 0 Å². The first-order valence-electron chi connectivity index (χ1n) is 9.28. The summed E-state index contributed by atoms with van der Waals surface area (Å²) >= 11 is 0. The summed E-state index contributed by atoms with van der Waals surface area (Å²) in [7, 11) is 2.15. The van der Waals surface area contributed by atoms with Crippen LogP contribution in [0.5, 0.6) is 0 Å². The van der Waals surface area contributed by atoms with E-state index in [0.29, 0.717) is 6.04 Å². The lowest BCUT2D eigenvalue weighted by Crippen LogP contribution is -2.49. The van der Waals surface area contributed by atoms with Gasteiger partial charge in [0.2, 0.25) is 0 Å². The lowest BCUT2D eigenvalue weighted by molar-refractivity contribution is -0.0136. The Bertz CT molecular complexity index is 355. The molecule has 0 amide bonds. The standard InChI is InChI=1S/C17H35N5O/c1-4-8-22-9-6-15(7-10-22)20-17(18-5-2)19-13-16-14-21(3)11-12-23-16/h15-16H,4-14H2,1-3H3,(H2,18,19,20). The first-order valence-corrected chi connectivity index (χ1v) is 9.28. The van der Waals surface area contributed by atoms with Crippen LogP contribution in [0, 0.1) is 0 Å². The molecule has 2 aliphatic heterocycles. The van der Waals surface area contributed by atoms with Crippen molar-refractivity contribution in [3.8, 4) is 0 Å².